The molecule has 0 aromatic heterocycles. The fraction of sp³-hybridized carbons (Fsp3) is 0.385. The van der Waals surface area contributed by atoms with Gasteiger partial charge in [-0.2, -0.15) is 0 Å². The topological polar surface area (TPSA) is 95.9 Å². The second-order valence-electron chi connectivity index (χ2n) is 4.50. The van der Waals surface area contributed by atoms with Gasteiger partial charge in [-0.05, 0) is 31.5 Å². The van der Waals surface area contributed by atoms with Crippen molar-refractivity contribution >= 4 is 17.6 Å². The third-order valence-electron chi connectivity index (χ3n) is 3.21. The quantitative estimate of drug-likeness (QED) is 0.719. The second-order valence-corrected chi connectivity index (χ2v) is 4.50. The summed E-state index contributed by atoms with van der Waals surface area (Å²) >= 11 is 0. The van der Waals surface area contributed by atoms with E-state index >= 15 is 0 Å². The minimum absolute atomic E-state index is 0.00354. The van der Waals surface area contributed by atoms with E-state index in [-0.39, 0.29) is 34.9 Å². The lowest BCUT2D eigenvalue weighted by Gasteiger charge is -2.15. The average molecular weight is 265 g/mol. The minimum atomic E-state index is -1.12. The molecule has 3 N–H and O–H groups in total. The third kappa shape index (κ3) is 2.85. The number of phenolic OH excluding ortho intramolecular Hbond substituents is 1. The summed E-state index contributed by atoms with van der Waals surface area (Å²) in [7, 11) is 0. The summed E-state index contributed by atoms with van der Waals surface area (Å²) in [6.45, 7) is 2.34. The Balaban J connectivity index is 2.16. The first-order chi connectivity index (χ1) is 8.99. The molecule has 6 nitrogen and oxygen atoms in total. The van der Waals surface area contributed by atoms with E-state index in [1.165, 1.54) is 18.2 Å². The number of carbonyl (C=O) groups excluding carboxylic acids is 1. The van der Waals surface area contributed by atoms with Gasteiger partial charge in [-0.25, -0.2) is 4.79 Å². The number of carbonyl (C=O) groups is 2. The maximum absolute atomic E-state index is 12.0. The summed E-state index contributed by atoms with van der Waals surface area (Å²) in [5.41, 5.74) is 0.104. The van der Waals surface area contributed by atoms with E-state index in [4.69, 9.17) is 9.84 Å². The fourth-order valence-electron chi connectivity index (χ4n) is 2.07. The predicted molar refractivity (Wildman–Crippen MR) is 67.2 cm³/mol. The van der Waals surface area contributed by atoms with Crippen LogP contribution in [0.5, 0.6) is 5.75 Å². The monoisotopic (exact) mass is 265 g/mol. The third-order valence-corrected chi connectivity index (χ3v) is 3.21. The molecule has 6 heteroatoms. The van der Waals surface area contributed by atoms with Gasteiger partial charge < -0.3 is 20.3 Å². The van der Waals surface area contributed by atoms with E-state index < -0.39 is 5.97 Å². The number of rotatable bonds is 3. The van der Waals surface area contributed by atoms with Gasteiger partial charge in [0.15, 0.2) is 0 Å². The summed E-state index contributed by atoms with van der Waals surface area (Å²) in [5.74, 6) is -1.84. The van der Waals surface area contributed by atoms with Crippen LogP contribution < -0.4 is 5.32 Å². The molecule has 0 aliphatic carbocycles. The highest BCUT2D eigenvalue weighted by Crippen LogP contribution is 2.27. The number of amides is 1. The molecule has 1 aromatic rings. The van der Waals surface area contributed by atoms with Crippen LogP contribution in [-0.2, 0) is 9.53 Å². The Morgan fingerprint density at radius 1 is 1.42 bits per heavy atom. The number of aromatic carboxylic acids is 1. The van der Waals surface area contributed by atoms with Crippen molar-refractivity contribution in [2.45, 2.75) is 19.4 Å². The summed E-state index contributed by atoms with van der Waals surface area (Å²) in [6, 6.07) is 3.75. The lowest BCUT2D eigenvalue weighted by atomic mass is 10.0. The van der Waals surface area contributed by atoms with Crippen LogP contribution in [-0.4, -0.2) is 34.8 Å². The van der Waals surface area contributed by atoms with E-state index in [0.29, 0.717) is 13.0 Å². The fourth-order valence-corrected chi connectivity index (χ4v) is 2.07. The molecule has 2 unspecified atom stereocenters. The lowest BCUT2D eigenvalue weighted by Crippen LogP contribution is -2.27. The number of phenols is 1. The Morgan fingerprint density at radius 2 is 2.16 bits per heavy atom. The predicted octanol–water partition coefficient (Wildman–Crippen LogP) is 1.45. The first kappa shape index (κ1) is 13.4. The zero-order chi connectivity index (χ0) is 14.0. The van der Waals surface area contributed by atoms with Crippen molar-refractivity contribution in [1.29, 1.82) is 0 Å². The normalized spacial score (nSPS) is 22.2. The Morgan fingerprint density at radius 3 is 2.74 bits per heavy atom. The molecule has 0 radical (unpaired) electrons. The van der Waals surface area contributed by atoms with Gasteiger partial charge in [-0.1, -0.05) is 0 Å². The van der Waals surface area contributed by atoms with Gasteiger partial charge in [0.1, 0.15) is 5.75 Å². The summed E-state index contributed by atoms with van der Waals surface area (Å²) in [5, 5.41) is 21.1. The highest BCUT2D eigenvalue weighted by atomic mass is 16.5. The van der Waals surface area contributed by atoms with E-state index in [0.717, 1.165) is 0 Å². The zero-order valence-electron chi connectivity index (χ0n) is 10.4. The van der Waals surface area contributed by atoms with Gasteiger partial charge in [0.05, 0.1) is 23.3 Å². The number of hydrogen-bond acceptors (Lipinski definition) is 4. The number of carboxylic acid groups (broad SMARTS) is 1. The van der Waals surface area contributed by atoms with E-state index in [9.17, 15) is 14.7 Å². The van der Waals surface area contributed by atoms with Crippen molar-refractivity contribution in [3.8, 4) is 5.75 Å². The molecule has 2 atom stereocenters. The lowest BCUT2D eigenvalue weighted by molar-refractivity contribution is -0.121. The Kier molecular flexibility index (Phi) is 3.71. The second kappa shape index (κ2) is 5.27. The Labute approximate surface area is 110 Å². The van der Waals surface area contributed by atoms with Crippen molar-refractivity contribution in [3.63, 3.8) is 0 Å². The Bertz CT molecular complexity index is 514. The van der Waals surface area contributed by atoms with Crippen LogP contribution >= 0.6 is 0 Å². The molecule has 1 amide bonds. The Hall–Kier alpha value is -2.08. The number of anilines is 1. The number of hydrogen-bond donors (Lipinski definition) is 3. The number of benzene rings is 1. The molecule has 1 aliphatic rings. The van der Waals surface area contributed by atoms with Crippen LogP contribution in [0.3, 0.4) is 0 Å². The largest absolute Gasteiger partial charge is 0.506 e. The van der Waals surface area contributed by atoms with Crippen molar-refractivity contribution in [1.82, 2.24) is 0 Å². The van der Waals surface area contributed by atoms with Gasteiger partial charge in [-0.15, -0.1) is 0 Å². The molecule has 1 saturated heterocycles. The van der Waals surface area contributed by atoms with Crippen LogP contribution in [0.4, 0.5) is 5.69 Å². The SMILES string of the molecule is CC1OCCC1C(=O)Nc1cc(C(=O)O)ccc1O. The van der Waals surface area contributed by atoms with Gasteiger partial charge >= 0.3 is 5.97 Å². The van der Waals surface area contributed by atoms with E-state index in [2.05, 4.69) is 5.32 Å². The van der Waals surface area contributed by atoms with Crippen molar-refractivity contribution in [3.05, 3.63) is 23.8 Å². The van der Waals surface area contributed by atoms with Crippen molar-refractivity contribution < 1.29 is 24.5 Å². The molecule has 1 aromatic carbocycles. The molecule has 102 valence electrons. The zero-order valence-corrected chi connectivity index (χ0v) is 10.4. The van der Waals surface area contributed by atoms with Crippen LogP contribution in [0, 0.1) is 5.92 Å². The first-order valence-corrected chi connectivity index (χ1v) is 5.98. The van der Waals surface area contributed by atoms with Crippen LogP contribution in [0.25, 0.3) is 0 Å². The number of ether oxygens (including phenoxy) is 1. The van der Waals surface area contributed by atoms with Gasteiger partial charge in [0, 0.05) is 6.61 Å². The average Bonchev–Trinajstić information content (AvgIpc) is 2.78. The van der Waals surface area contributed by atoms with Crippen molar-refractivity contribution in [2.24, 2.45) is 5.92 Å². The molecule has 1 aliphatic heterocycles. The molecule has 19 heavy (non-hydrogen) atoms. The highest BCUT2D eigenvalue weighted by molar-refractivity contribution is 5.96. The maximum atomic E-state index is 12.0. The number of carboxylic acids is 1. The molecule has 2 rings (SSSR count). The van der Waals surface area contributed by atoms with E-state index in [1.54, 1.807) is 0 Å². The van der Waals surface area contributed by atoms with Crippen molar-refractivity contribution in [2.75, 3.05) is 11.9 Å². The summed E-state index contributed by atoms with van der Waals surface area (Å²) in [4.78, 5) is 22.9. The number of aromatic hydroxyl groups is 1. The van der Waals surface area contributed by atoms with Crippen LogP contribution in [0.1, 0.15) is 23.7 Å². The van der Waals surface area contributed by atoms with Crippen LogP contribution in [0.2, 0.25) is 0 Å². The maximum Gasteiger partial charge on any atom is 0.335 e. The smallest absolute Gasteiger partial charge is 0.335 e. The van der Waals surface area contributed by atoms with Gasteiger partial charge in [0.25, 0.3) is 0 Å². The minimum Gasteiger partial charge on any atom is -0.506 e. The summed E-state index contributed by atoms with van der Waals surface area (Å²) < 4.78 is 5.30. The molecule has 1 fully saturated rings. The molecule has 0 saturated carbocycles. The standard InChI is InChI=1S/C13H15NO5/c1-7-9(4-5-19-7)12(16)14-10-6-8(13(17)18)2-3-11(10)15/h2-3,6-7,9,15H,4-5H2,1H3,(H,14,16)(H,17,18). The molecule has 0 bridgehead atoms. The highest BCUT2D eigenvalue weighted by Gasteiger charge is 2.31. The van der Waals surface area contributed by atoms with E-state index in [1.807, 2.05) is 6.92 Å². The summed E-state index contributed by atoms with van der Waals surface area (Å²) in [6.07, 6.45) is 0.441. The van der Waals surface area contributed by atoms with Gasteiger partial charge in [-0.3, -0.25) is 4.79 Å². The number of nitrogens with one attached hydrogen (secondary N) is 1. The molecule has 0 spiro atoms. The molecular weight excluding hydrogens is 250 g/mol. The van der Waals surface area contributed by atoms with Crippen LogP contribution in [0.15, 0.2) is 18.2 Å². The molecular formula is C13H15NO5. The molecule has 1 heterocycles. The van der Waals surface area contributed by atoms with Gasteiger partial charge in [0.2, 0.25) is 5.91 Å². The first-order valence-electron chi connectivity index (χ1n) is 5.98.